The van der Waals surface area contributed by atoms with Crippen LogP contribution in [0.4, 0.5) is 0 Å². The molecule has 0 amide bonds. The summed E-state index contributed by atoms with van der Waals surface area (Å²) in [6.07, 6.45) is -0.997. The lowest BCUT2D eigenvalue weighted by atomic mass is 10.1. The van der Waals surface area contributed by atoms with Crippen molar-refractivity contribution >= 4 is 18.4 Å². The number of ether oxygens (including phenoxy) is 4. The maximum Gasteiger partial charge on any atom is 0.297 e. The number of benzene rings is 1. The van der Waals surface area contributed by atoms with E-state index in [1.807, 2.05) is 20.8 Å². The number of hydrogen-bond acceptors (Lipinski definition) is 8. The summed E-state index contributed by atoms with van der Waals surface area (Å²) in [6, 6.07) is 6.58. The van der Waals surface area contributed by atoms with Gasteiger partial charge in [0, 0.05) is 6.61 Å². The molecule has 0 N–H and O–H groups in total. The quantitative estimate of drug-likeness (QED) is 0.215. The van der Waals surface area contributed by atoms with Crippen molar-refractivity contribution < 1.29 is 36.0 Å². The van der Waals surface area contributed by atoms with Crippen molar-refractivity contribution in [2.45, 2.75) is 121 Å². The molecule has 5 atom stereocenters. The Bertz CT molecular complexity index is 971. The van der Waals surface area contributed by atoms with Crippen LogP contribution in [0.2, 0.25) is 18.1 Å². The SMILES string of the molecule is CCCCO[C@H]1[C@H]2OC(C)(C)O[C@H]2O[C@@H]1[C@@H](COS(=O)(=O)c1ccc(C)cc1)O[Si](C)(C)C(C)(C)C. The molecule has 8 nitrogen and oxygen atoms in total. The van der Waals surface area contributed by atoms with Crippen molar-refractivity contribution in [2.75, 3.05) is 13.2 Å². The maximum atomic E-state index is 13.0. The molecule has 2 saturated heterocycles. The molecule has 1 aromatic rings. The van der Waals surface area contributed by atoms with E-state index in [0.717, 1.165) is 18.4 Å². The first-order valence-electron chi connectivity index (χ1n) is 12.8. The number of unbranched alkanes of at least 4 members (excludes halogenated alkanes) is 1. The molecule has 1 aromatic carbocycles. The van der Waals surface area contributed by atoms with E-state index < -0.39 is 54.9 Å². The molecule has 2 aliphatic heterocycles. The molecular weight excluding hydrogens is 500 g/mol. The molecular formula is C26H44O8SSi. The number of rotatable bonds is 11. The summed E-state index contributed by atoms with van der Waals surface area (Å²) >= 11 is 0. The first-order valence-corrected chi connectivity index (χ1v) is 17.1. The lowest BCUT2D eigenvalue weighted by Crippen LogP contribution is -2.52. The lowest BCUT2D eigenvalue weighted by molar-refractivity contribution is -0.229. The fourth-order valence-electron chi connectivity index (χ4n) is 4.04. The predicted molar refractivity (Wildman–Crippen MR) is 140 cm³/mol. The predicted octanol–water partition coefficient (Wildman–Crippen LogP) is 5.15. The maximum absolute atomic E-state index is 13.0. The van der Waals surface area contributed by atoms with Gasteiger partial charge in [0.2, 0.25) is 0 Å². The van der Waals surface area contributed by atoms with Gasteiger partial charge in [0.15, 0.2) is 20.4 Å². The van der Waals surface area contributed by atoms with E-state index >= 15 is 0 Å². The van der Waals surface area contributed by atoms with Crippen LogP contribution >= 0.6 is 0 Å². The van der Waals surface area contributed by atoms with Crippen molar-refractivity contribution in [1.29, 1.82) is 0 Å². The Kier molecular flexibility index (Phi) is 9.15. The van der Waals surface area contributed by atoms with Crippen molar-refractivity contribution in [2.24, 2.45) is 0 Å². The molecule has 0 radical (unpaired) electrons. The molecule has 3 rings (SSSR count). The molecule has 0 spiro atoms. The smallest absolute Gasteiger partial charge is 0.297 e. The summed E-state index contributed by atoms with van der Waals surface area (Å²) in [7, 11) is -6.33. The molecule has 0 saturated carbocycles. The van der Waals surface area contributed by atoms with E-state index in [-0.39, 0.29) is 16.5 Å². The fraction of sp³-hybridized carbons (Fsp3) is 0.769. The summed E-state index contributed by atoms with van der Waals surface area (Å²) in [5.41, 5.74) is 0.967. The second-order valence-corrected chi connectivity index (χ2v) is 18.1. The van der Waals surface area contributed by atoms with E-state index in [2.05, 4.69) is 40.8 Å². The number of fused-ring (bicyclic) bond motifs is 1. The van der Waals surface area contributed by atoms with Gasteiger partial charge < -0.3 is 23.4 Å². The summed E-state index contributed by atoms with van der Waals surface area (Å²) in [5, 5.41) is -0.108. The van der Waals surface area contributed by atoms with E-state index in [0.29, 0.717) is 6.61 Å². The van der Waals surface area contributed by atoms with Gasteiger partial charge in [0.1, 0.15) is 18.3 Å². The Hall–Kier alpha value is -0.853. The lowest BCUT2D eigenvalue weighted by Gasteiger charge is -2.41. The highest BCUT2D eigenvalue weighted by Gasteiger charge is 2.58. The highest BCUT2D eigenvalue weighted by molar-refractivity contribution is 7.86. The minimum atomic E-state index is -3.99. The molecule has 2 aliphatic rings. The standard InChI is InChI=1S/C26H44O8SSi/c1-10-11-16-29-22-21(31-24-23(22)32-26(6,7)33-24)20(34-36(8,9)25(3,4)5)17-30-35(27,28)19-14-12-18(2)13-15-19/h12-15,20-24H,10-11,16-17H2,1-9H3/t20-,21-,22-,23-,24-/m1/s1. The normalized spacial score (nSPS) is 27.2. The van der Waals surface area contributed by atoms with Gasteiger partial charge in [-0.25, -0.2) is 0 Å². The van der Waals surface area contributed by atoms with Crippen molar-refractivity contribution in [1.82, 2.24) is 0 Å². The van der Waals surface area contributed by atoms with Crippen LogP contribution in [0.15, 0.2) is 29.2 Å². The third-order valence-corrected chi connectivity index (χ3v) is 13.0. The van der Waals surface area contributed by atoms with Gasteiger partial charge in [-0.3, -0.25) is 4.18 Å². The van der Waals surface area contributed by atoms with Gasteiger partial charge in [-0.1, -0.05) is 51.8 Å². The third-order valence-electron chi connectivity index (χ3n) is 7.15. The molecule has 0 bridgehead atoms. The van der Waals surface area contributed by atoms with Gasteiger partial charge in [-0.15, -0.1) is 0 Å². The topological polar surface area (TPSA) is 89.5 Å². The molecule has 0 aliphatic carbocycles. The van der Waals surface area contributed by atoms with E-state index in [4.69, 9.17) is 27.6 Å². The molecule has 206 valence electrons. The van der Waals surface area contributed by atoms with Crippen LogP contribution in [0.25, 0.3) is 0 Å². The molecule has 2 heterocycles. The molecule has 10 heteroatoms. The van der Waals surface area contributed by atoms with Gasteiger partial charge in [-0.2, -0.15) is 8.42 Å². The molecule has 36 heavy (non-hydrogen) atoms. The average Bonchev–Trinajstić information content (AvgIpc) is 3.23. The highest BCUT2D eigenvalue weighted by Crippen LogP contribution is 2.43. The Labute approximate surface area is 218 Å². The van der Waals surface area contributed by atoms with Crippen molar-refractivity contribution in [3.63, 3.8) is 0 Å². The molecule has 2 fully saturated rings. The van der Waals surface area contributed by atoms with Gasteiger partial charge in [0.05, 0.1) is 17.6 Å². The minimum absolute atomic E-state index is 0.104. The van der Waals surface area contributed by atoms with Crippen LogP contribution in [0.5, 0.6) is 0 Å². The first-order chi connectivity index (χ1) is 16.6. The Balaban J connectivity index is 1.88. The Morgan fingerprint density at radius 2 is 1.75 bits per heavy atom. The second kappa shape index (κ2) is 11.1. The summed E-state index contributed by atoms with van der Waals surface area (Å²) in [5.74, 6) is -0.798. The zero-order valence-electron chi connectivity index (χ0n) is 23.2. The van der Waals surface area contributed by atoms with Crippen LogP contribution in [-0.2, 0) is 37.7 Å². The molecule has 0 aromatic heterocycles. The third kappa shape index (κ3) is 6.96. The summed E-state index contributed by atoms with van der Waals surface area (Å²) in [6.45, 7) is 18.6. The van der Waals surface area contributed by atoms with Crippen LogP contribution in [0.3, 0.4) is 0 Å². The van der Waals surface area contributed by atoms with Crippen LogP contribution in [-0.4, -0.2) is 66.4 Å². The van der Waals surface area contributed by atoms with Crippen molar-refractivity contribution in [3.8, 4) is 0 Å². The van der Waals surface area contributed by atoms with E-state index in [1.54, 1.807) is 24.3 Å². The Morgan fingerprint density at radius 3 is 2.33 bits per heavy atom. The fourth-order valence-corrected chi connectivity index (χ4v) is 6.27. The van der Waals surface area contributed by atoms with E-state index in [9.17, 15) is 8.42 Å². The highest BCUT2D eigenvalue weighted by atomic mass is 32.2. The van der Waals surface area contributed by atoms with Gasteiger partial charge in [0.25, 0.3) is 10.1 Å². The summed E-state index contributed by atoms with van der Waals surface area (Å²) < 4.78 is 63.0. The number of hydrogen-bond donors (Lipinski definition) is 0. The minimum Gasteiger partial charge on any atom is -0.409 e. The van der Waals surface area contributed by atoms with E-state index in [1.165, 1.54) is 0 Å². The monoisotopic (exact) mass is 544 g/mol. The number of aryl methyl sites for hydroxylation is 1. The van der Waals surface area contributed by atoms with Crippen LogP contribution < -0.4 is 0 Å². The summed E-state index contributed by atoms with van der Waals surface area (Å²) in [4.78, 5) is 0.104. The van der Waals surface area contributed by atoms with Crippen molar-refractivity contribution in [3.05, 3.63) is 29.8 Å². The zero-order chi connectivity index (χ0) is 26.9. The van der Waals surface area contributed by atoms with Gasteiger partial charge >= 0.3 is 0 Å². The zero-order valence-corrected chi connectivity index (χ0v) is 25.0. The van der Waals surface area contributed by atoms with Crippen LogP contribution in [0, 0.1) is 6.92 Å². The first kappa shape index (κ1) is 29.7. The Morgan fingerprint density at radius 1 is 1.11 bits per heavy atom. The largest absolute Gasteiger partial charge is 0.409 e. The van der Waals surface area contributed by atoms with Gasteiger partial charge in [-0.05, 0) is 57.5 Å². The molecule has 0 unspecified atom stereocenters. The average molecular weight is 545 g/mol. The second-order valence-electron chi connectivity index (χ2n) is 11.7. The van der Waals surface area contributed by atoms with Crippen LogP contribution in [0.1, 0.15) is 59.9 Å².